The Labute approximate surface area is 159 Å². The van der Waals surface area contributed by atoms with Crippen molar-refractivity contribution < 1.29 is 19.1 Å². The summed E-state index contributed by atoms with van der Waals surface area (Å²) in [7, 11) is 3.14. The van der Waals surface area contributed by atoms with Crippen LogP contribution in [-0.2, 0) is 16.0 Å². The van der Waals surface area contributed by atoms with E-state index in [-0.39, 0.29) is 18.2 Å². The van der Waals surface area contributed by atoms with Gasteiger partial charge in [0.05, 0.1) is 20.6 Å². The van der Waals surface area contributed by atoms with Crippen LogP contribution in [-0.4, -0.2) is 32.6 Å². The van der Waals surface area contributed by atoms with Crippen LogP contribution in [0.25, 0.3) is 0 Å². The minimum absolute atomic E-state index is 0.121. The van der Waals surface area contributed by atoms with E-state index < -0.39 is 0 Å². The summed E-state index contributed by atoms with van der Waals surface area (Å²) in [5.74, 6) is 1.26. The first-order valence-electron chi connectivity index (χ1n) is 9.02. The smallest absolute Gasteiger partial charge is 0.228 e. The number of anilines is 2. The fraction of sp³-hybridized carbons (Fsp3) is 0.333. The summed E-state index contributed by atoms with van der Waals surface area (Å²) in [5, 5.41) is 2.88. The van der Waals surface area contributed by atoms with Crippen LogP contribution in [0.1, 0.15) is 24.8 Å². The first-order valence-corrected chi connectivity index (χ1v) is 9.02. The van der Waals surface area contributed by atoms with E-state index in [9.17, 15) is 9.59 Å². The van der Waals surface area contributed by atoms with Gasteiger partial charge >= 0.3 is 0 Å². The van der Waals surface area contributed by atoms with Crippen molar-refractivity contribution in [3.8, 4) is 11.5 Å². The SMILES string of the molecule is COc1ccc(CC(=O)Nc2ccc(N3CCCCC3=O)cc2)cc1OC. The Morgan fingerprint density at radius 3 is 2.44 bits per heavy atom. The van der Waals surface area contributed by atoms with Gasteiger partial charge in [-0.2, -0.15) is 0 Å². The predicted octanol–water partition coefficient (Wildman–Crippen LogP) is 3.40. The van der Waals surface area contributed by atoms with Crippen molar-refractivity contribution in [1.82, 2.24) is 0 Å². The Hall–Kier alpha value is -3.02. The van der Waals surface area contributed by atoms with E-state index in [1.807, 2.05) is 30.3 Å². The van der Waals surface area contributed by atoms with Gasteiger partial charge < -0.3 is 19.7 Å². The van der Waals surface area contributed by atoms with Crippen molar-refractivity contribution in [2.24, 2.45) is 0 Å². The molecule has 2 amide bonds. The molecule has 1 fully saturated rings. The lowest BCUT2D eigenvalue weighted by Crippen LogP contribution is -2.35. The number of ether oxygens (including phenoxy) is 2. The summed E-state index contributed by atoms with van der Waals surface area (Å²) in [4.78, 5) is 26.1. The molecule has 1 saturated heterocycles. The number of piperidine rings is 1. The first kappa shape index (κ1) is 18.8. The van der Waals surface area contributed by atoms with Gasteiger partial charge in [-0.1, -0.05) is 6.07 Å². The molecule has 0 aromatic heterocycles. The lowest BCUT2D eigenvalue weighted by Gasteiger charge is -2.26. The average Bonchev–Trinajstić information content (AvgIpc) is 2.69. The molecule has 1 aliphatic heterocycles. The van der Waals surface area contributed by atoms with Gasteiger partial charge in [-0.05, 0) is 54.8 Å². The Kier molecular flexibility index (Phi) is 5.96. The number of hydrogen-bond donors (Lipinski definition) is 1. The molecular formula is C21H24N2O4. The highest BCUT2D eigenvalue weighted by Crippen LogP contribution is 2.28. The highest BCUT2D eigenvalue weighted by molar-refractivity contribution is 5.95. The maximum atomic E-state index is 12.3. The van der Waals surface area contributed by atoms with Gasteiger partial charge in [0, 0.05) is 24.3 Å². The predicted molar refractivity (Wildman–Crippen MR) is 105 cm³/mol. The minimum atomic E-state index is -0.121. The Morgan fingerprint density at radius 2 is 1.78 bits per heavy atom. The topological polar surface area (TPSA) is 67.9 Å². The second kappa shape index (κ2) is 8.58. The summed E-state index contributed by atoms with van der Waals surface area (Å²) in [5.41, 5.74) is 2.41. The summed E-state index contributed by atoms with van der Waals surface area (Å²) < 4.78 is 10.5. The standard InChI is InChI=1S/C21H24N2O4/c1-26-18-11-6-15(13-19(18)27-2)14-20(24)22-16-7-9-17(10-8-16)23-12-4-3-5-21(23)25/h6-11,13H,3-5,12,14H2,1-2H3,(H,22,24). The summed E-state index contributed by atoms with van der Waals surface area (Å²) >= 11 is 0. The van der Waals surface area contributed by atoms with Crippen LogP contribution in [0.2, 0.25) is 0 Å². The van der Waals surface area contributed by atoms with Gasteiger partial charge in [0.2, 0.25) is 11.8 Å². The third-order valence-corrected chi connectivity index (χ3v) is 4.60. The molecule has 6 heteroatoms. The minimum Gasteiger partial charge on any atom is -0.493 e. The monoisotopic (exact) mass is 368 g/mol. The zero-order valence-electron chi connectivity index (χ0n) is 15.7. The van der Waals surface area contributed by atoms with E-state index in [0.29, 0.717) is 23.6 Å². The number of nitrogens with zero attached hydrogens (tertiary/aromatic N) is 1. The first-order chi connectivity index (χ1) is 13.1. The van der Waals surface area contributed by atoms with Crippen molar-refractivity contribution in [3.63, 3.8) is 0 Å². The largest absolute Gasteiger partial charge is 0.493 e. The van der Waals surface area contributed by atoms with E-state index in [2.05, 4.69) is 5.32 Å². The van der Waals surface area contributed by atoms with Gasteiger partial charge in [0.1, 0.15) is 0 Å². The lowest BCUT2D eigenvalue weighted by molar-refractivity contribution is -0.119. The van der Waals surface area contributed by atoms with E-state index >= 15 is 0 Å². The van der Waals surface area contributed by atoms with Crippen LogP contribution in [0, 0.1) is 0 Å². The van der Waals surface area contributed by atoms with Crippen molar-refractivity contribution in [3.05, 3.63) is 48.0 Å². The summed E-state index contributed by atoms with van der Waals surface area (Å²) in [6, 6.07) is 12.8. The van der Waals surface area contributed by atoms with Gasteiger partial charge in [0.15, 0.2) is 11.5 Å². The fourth-order valence-electron chi connectivity index (χ4n) is 3.18. The number of carbonyl (C=O) groups excluding carboxylic acids is 2. The van der Waals surface area contributed by atoms with Gasteiger partial charge in [-0.15, -0.1) is 0 Å². The third kappa shape index (κ3) is 4.58. The number of amides is 2. The zero-order valence-corrected chi connectivity index (χ0v) is 15.7. The van der Waals surface area contributed by atoms with Crippen LogP contribution < -0.4 is 19.7 Å². The maximum Gasteiger partial charge on any atom is 0.228 e. The maximum absolute atomic E-state index is 12.3. The number of rotatable bonds is 6. The molecule has 27 heavy (non-hydrogen) atoms. The number of nitrogens with one attached hydrogen (secondary N) is 1. The van der Waals surface area contributed by atoms with Crippen molar-refractivity contribution in [2.45, 2.75) is 25.7 Å². The van der Waals surface area contributed by atoms with Gasteiger partial charge in [0.25, 0.3) is 0 Å². The molecule has 0 radical (unpaired) electrons. The molecule has 3 rings (SSSR count). The van der Waals surface area contributed by atoms with Crippen LogP contribution in [0.4, 0.5) is 11.4 Å². The summed E-state index contributed by atoms with van der Waals surface area (Å²) in [6.07, 6.45) is 2.81. The molecule has 0 unspecified atom stereocenters. The highest BCUT2D eigenvalue weighted by Gasteiger charge is 2.19. The molecule has 1 aliphatic rings. The second-order valence-corrected chi connectivity index (χ2v) is 6.46. The fourth-order valence-corrected chi connectivity index (χ4v) is 3.18. The lowest BCUT2D eigenvalue weighted by atomic mass is 10.1. The third-order valence-electron chi connectivity index (χ3n) is 4.60. The molecule has 1 heterocycles. The zero-order chi connectivity index (χ0) is 19.2. The van der Waals surface area contributed by atoms with Crippen molar-refractivity contribution >= 4 is 23.2 Å². The molecule has 0 aliphatic carbocycles. The van der Waals surface area contributed by atoms with Crippen LogP contribution >= 0.6 is 0 Å². The number of methoxy groups -OCH3 is 2. The molecule has 0 bridgehead atoms. The van der Waals surface area contributed by atoms with E-state index in [4.69, 9.17) is 9.47 Å². The molecule has 0 saturated carbocycles. The van der Waals surface area contributed by atoms with Crippen molar-refractivity contribution in [2.75, 3.05) is 31.0 Å². The molecule has 2 aromatic carbocycles. The van der Waals surface area contributed by atoms with E-state index in [0.717, 1.165) is 30.6 Å². The van der Waals surface area contributed by atoms with Gasteiger partial charge in [-0.3, -0.25) is 9.59 Å². The van der Waals surface area contributed by atoms with Crippen LogP contribution in [0.15, 0.2) is 42.5 Å². The number of hydrogen-bond acceptors (Lipinski definition) is 4. The second-order valence-electron chi connectivity index (χ2n) is 6.46. The molecule has 2 aromatic rings. The average molecular weight is 368 g/mol. The van der Waals surface area contributed by atoms with Gasteiger partial charge in [-0.25, -0.2) is 0 Å². The molecule has 6 nitrogen and oxygen atoms in total. The molecular weight excluding hydrogens is 344 g/mol. The number of carbonyl (C=O) groups is 2. The Morgan fingerprint density at radius 1 is 1.04 bits per heavy atom. The molecule has 0 atom stereocenters. The Bertz CT molecular complexity index is 817. The summed E-state index contributed by atoms with van der Waals surface area (Å²) in [6.45, 7) is 0.754. The van der Waals surface area contributed by atoms with Crippen molar-refractivity contribution in [1.29, 1.82) is 0 Å². The molecule has 142 valence electrons. The highest BCUT2D eigenvalue weighted by atomic mass is 16.5. The normalized spacial score (nSPS) is 14.0. The number of benzene rings is 2. The van der Waals surface area contributed by atoms with Crippen LogP contribution in [0.5, 0.6) is 11.5 Å². The Balaban J connectivity index is 1.62. The van der Waals surface area contributed by atoms with E-state index in [1.54, 1.807) is 31.3 Å². The molecule has 0 spiro atoms. The quantitative estimate of drug-likeness (QED) is 0.849. The molecule has 1 N–H and O–H groups in total. The van der Waals surface area contributed by atoms with E-state index in [1.165, 1.54) is 0 Å². The van der Waals surface area contributed by atoms with Crippen LogP contribution in [0.3, 0.4) is 0 Å².